The van der Waals surface area contributed by atoms with Crippen LogP contribution in [-0.4, -0.2) is 20.5 Å². The van der Waals surface area contributed by atoms with Gasteiger partial charge in [0.05, 0.1) is 12.0 Å². The van der Waals surface area contributed by atoms with Crippen molar-refractivity contribution in [1.82, 2.24) is 4.98 Å². The van der Waals surface area contributed by atoms with Crippen molar-refractivity contribution in [3.8, 4) is 5.88 Å². The maximum atomic E-state index is 12.6. The number of pyridine rings is 1. The second-order valence-electron chi connectivity index (χ2n) is 2.11. The Bertz CT molecular complexity index is 420. The van der Waals surface area contributed by atoms with Gasteiger partial charge in [0, 0.05) is 22.8 Å². The van der Waals surface area contributed by atoms with E-state index >= 15 is 0 Å². The monoisotopic (exact) mass is 225 g/mol. The fourth-order valence-electron chi connectivity index (χ4n) is 0.696. The van der Waals surface area contributed by atoms with Crippen LogP contribution in [0.15, 0.2) is 17.0 Å². The molecule has 1 rings (SSSR count). The molecule has 0 aliphatic heterocycles. The second kappa shape index (κ2) is 3.47. The maximum Gasteiger partial charge on any atom is 0.261 e. The van der Waals surface area contributed by atoms with Crippen LogP contribution in [0, 0.1) is 5.95 Å². The Balaban J connectivity index is 3.33. The van der Waals surface area contributed by atoms with E-state index < -0.39 is 15.0 Å². The van der Waals surface area contributed by atoms with Crippen molar-refractivity contribution < 1.29 is 17.5 Å². The van der Waals surface area contributed by atoms with E-state index in [9.17, 15) is 12.8 Å². The standard InChI is InChI=1S/C6H5ClFNO3S/c1-12-6-3-4(13(7,10)11)2-5(8)9-6/h2-3H,1H3. The van der Waals surface area contributed by atoms with E-state index in [-0.39, 0.29) is 10.8 Å². The van der Waals surface area contributed by atoms with Gasteiger partial charge in [-0.05, 0) is 0 Å². The molecule has 0 fully saturated rings. The molecular weight excluding hydrogens is 221 g/mol. The molecule has 1 heterocycles. The first-order chi connectivity index (χ1) is 5.93. The summed E-state index contributed by atoms with van der Waals surface area (Å²) in [5, 5.41) is 0. The summed E-state index contributed by atoms with van der Waals surface area (Å²) < 4.78 is 38.7. The van der Waals surface area contributed by atoms with Crippen LogP contribution in [0.4, 0.5) is 4.39 Å². The Hall–Kier alpha value is -0.880. The predicted molar refractivity (Wildman–Crippen MR) is 43.8 cm³/mol. The summed E-state index contributed by atoms with van der Waals surface area (Å²) in [5.41, 5.74) is 0. The lowest BCUT2D eigenvalue weighted by Gasteiger charge is -2.00. The fourth-order valence-corrected chi connectivity index (χ4v) is 1.44. The first-order valence-electron chi connectivity index (χ1n) is 3.10. The lowest BCUT2D eigenvalue weighted by atomic mass is 10.5. The highest BCUT2D eigenvalue weighted by Gasteiger charge is 2.13. The van der Waals surface area contributed by atoms with Crippen LogP contribution in [-0.2, 0) is 9.05 Å². The zero-order chi connectivity index (χ0) is 10.1. The van der Waals surface area contributed by atoms with Crippen LogP contribution in [0.1, 0.15) is 0 Å². The molecule has 0 N–H and O–H groups in total. The number of hydrogen-bond donors (Lipinski definition) is 0. The summed E-state index contributed by atoms with van der Waals surface area (Å²) in [6, 6.07) is 1.75. The van der Waals surface area contributed by atoms with Crippen LogP contribution in [0.25, 0.3) is 0 Å². The van der Waals surface area contributed by atoms with Gasteiger partial charge in [-0.3, -0.25) is 0 Å². The van der Waals surface area contributed by atoms with Gasteiger partial charge in [-0.1, -0.05) is 0 Å². The van der Waals surface area contributed by atoms with Crippen molar-refractivity contribution in [2.45, 2.75) is 4.90 Å². The molecule has 0 aliphatic carbocycles. The van der Waals surface area contributed by atoms with Crippen molar-refractivity contribution in [1.29, 1.82) is 0 Å². The molecule has 72 valence electrons. The number of nitrogens with zero attached hydrogens (tertiary/aromatic N) is 1. The largest absolute Gasteiger partial charge is 0.481 e. The van der Waals surface area contributed by atoms with Crippen LogP contribution in [0.2, 0.25) is 0 Å². The van der Waals surface area contributed by atoms with Crippen LogP contribution < -0.4 is 4.74 Å². The molecule has 0 saturated heterocycles. The molecular formula is C6H5ClFNO3S. The average Bonchev–Trinajstić information content (AvgIpc) is 2.01. The van der Waals surface area contributed by atoms with E-state index in [1.165, 1.54) is 7.11 Å². The molecule has 0 unspecified atom stereocenters. The summed E-state index contributed by atoms with van der Waals surface area (Å²) in [6.07, 6.45) is 0. The minimum absolute atomic E-state index is 0.140. The van der Waals surface area contributed by atoms with Gasteiger partial charge < -0.3 is 4.74 Å². The Labute approximate surface area is 78.7 Å². The highest BCUT2D eigenvalue weighted by atomic mass is 35.7. The Morgan fingerprint density at radius 3 is 2.62 bits per heavy atom. The Kier molecular flexibility index (Phi) is 2.72. The lowest BCUT2D eigenvalue weighted by Crippen LogP contribution is -1.97. The molecule has 0 aromatic carbocycles. The van der Waals surface area contributed by atoms with E-state index in [4.69, 9.17) is 10.7 Å². The number of ether oxygens (including phenoxy) is 1. The Morgan fingerprint density at radius 2 is 2.15 bits per heavy atom. The average molecular weight is 226 g/mol. The van der Waals surface area contributed by atoms with E-state index in [2.05, 4.69) is 9.72 Å². The van der Waals surface area contributed by atoms with Gasteiger partial charge in [-0.25, -0.2) is 8.42 Å². The van der Waals surface area contributed by atoms with Gasteiger partial charge in [0.15, 0.2) is 0 Å². The molecule has 0 spiro atoms. The molecule has 7 heteroatoms. The van der Waals surface area contributed by atoms with Crippen molar-refractivity contribution >= 4 is 19.7 Å². The van der Waals surface area contributed by atoms with E-state index in [1.807, 2.05) is 0 Å². The SMILES string of the molecule is COc1cc(S(=O)(=O)Cl)cc(F)n1. The molecule has 0 amide bonds. The van der Waals surface area contributed by atoms with E-state index in [0.29, 0.717) is 6.07 Å². The van der Waals surface area contributed by atoms with E-state index in [1.54, 1.807) is 0 Å². The van der Waals surface area contributed by atoms with Crippen molar-refractivity contribution in [3.05, 3.63) is 18.1 Å². The van der Waals surface area contributed by atoms with Gasteiger partial charge in [-0.15, -0.1) is 0 Å². The van der Waals surface area contributed by atoms with Gasteiger partial charge in [0.25, 0.3) is 9.05 Å². The molecule has 13 heavy (non-hydrogen) atoms. The number of rotatable bonds is 2. The van der Waals surface area contributed by atoms with Crippen molar-refractivity contribution in [3.63, 3.8) is 0 Å². The van der Waals surface area contributed by atoms with Crippen molar-refractivity contribution in [2.75, 3.05) is 7.11 Å². The number of methoxy groups -OCH3 is 1. The van der Waals surface area contributed by atoms with E-state index in [0.717, 1.165) is 6.07 Å². The molecule has 0 atom stereocenters. The highest BCUT2D eigenvalue weighted by Crippen LogP contribution is 2.19. The highest BCUT2D eigenvalue weighted by molar-refractivity contribution is 8.13. The number of aromatic nitrogens is 1. The molecule has 0 saturated carbocycles. The third-order valence-electron chi connectivity index (χ3n) is 1.23. The molecule has 1 aromatic rings. The summed E-state index contributed by atoms with van der Waals surface area (Å²) in [4.78, 5) is 2.88. The number of hydrogen-bond acceptors (Lipinski definition) is 4. The normalized spacial score (nSPS) is 11.3. The minimum atomic E-state index is -3.95. The second-order valence-corrected chi connectivity index (χ2v) is 4.67. The molecule has 0 bridgehead atoms. The van der Waals surface area contributed by atoms with Crippen LogP contribution in [0.3, 0.4) is 0 Å². The zero-order valence-electron chi connectivity index (χ0n) is 6.49. The Morgan fingerprint density at radius 1 is 1.54 bits per heavy atom. The lowest BCUT2D eigenvalue weighted by molar-refractivity contribution is 0.385. The first-order valence-corrected chi connectivity index (χ1v) is 5.40. The molecule has 1 aromatic heterocycles. The third kappa shape index (κ3) is 2.53. The third-order valence-corrected chi connectivity index (χ3v) is 2.57. The summed E-state index contributed by atoms with van der Waals surface area (Å²) >= 11 is 0. The summed E-state index contributed by atoms with van der Waals surface area (Å²) in [6.45, 7) is 0. The van der Waals surface area contributed by atoms with Crippen LogP contribution in [0.5, 0.6) is 5.88 Å². The summed E-state index contributed by atoms with van der Waals surface area (Å²) in [7, 11) is 2.28. The van der Waals surface area contributed by atoms with Crippen LogP contribution >= 0.6 is 10.7 Å². The van der Waals surface area contributed by atoms with Gasteiger partial charge in [0.2, 0.25) is 11.8 Å². The topological polar surface area (TPSA) is 56.3 Å². The van der Waals surface area contributed by atoms with Gasteiger partial charge >= 0.3 is 0 Å². The minimum Gasteiger partial charge on any atom is -0.481 e. The molecule has 4 nitrogen and oxygen atoms in total. The predicted octanol–water partition coefficient (Wildman–Crippen LogP) is 1.16. The first kappa shape index (κ1) is 10.2. The summed E-state index contributed by atoms with van der Waals surface area (Å²) in [5.74, 6) is -1.10. The molecule has 0 radical (unpaired) electrons. The maximum absolute atomic E-state index is 12.6. The smallest absolute Gasteiger partial charge is 0.261 e. The van der Waals surface area contributed by atoms with Crippen molar-refractivity contribution in [2.24, 2.45) is 0 Å². The number of halogens is 2. The zero-order valence-corrected chi connectivity index (χ0v) is 8.06. The van der Waals surface area contributed by atoms with Gasteiger partial charge in [-0.2, -0.15) is 9.37 Å². The van der Waals surface area contributed by atoms with Gasteiger partial charge in [0.1, 0.15) is 0 Å². The quantitative estimate of drug-likeness (QED) is 0.560. The fraction of sp³-hybridized carbons (Fsp3) is 0.167. The molecule has 0 aliphatic rings.